The molecule has 6 nitrogen and oxygen atoms in total. The fourth-order valence-electron chi connectivity index (χ4n) is 3.16. The average Bonchev–Trinajstić information content (AvgIpc) is 2.68. The Kier molecular flexibility index (Phi) is 5.70. The molecule has 0 radical (unpaired) electrons. The van der Waals surface area contributed by atoms with E-state index in [1.165, 1.54) is 23.1 Å². The van der Waals surface area contributed by atoms with Crippen LogP contribution in [0.15, 0.2) is 41.3 Å². The Labute approximate surface area is 167 Å². The van der Waals surface area contributed by atoms with Crippen molar-refractivity contribution in [1.29, 1.82) is 0 Å². The van der Waals surface area contributed by atoms with E-state index in [-0.39, 0.29) is 42.5 Å². The van der Waals surface area contributed by atoms with Crippen LogP contribution in [0.1, 0.15) is 26.3 Å². The largest absolute Gasteiger partial charge is 0.335 e. The molecular formula is C20H20F2N2O4S. The molecule has 2 aromatic rings. The van der Waals surface area contributed by atoms with Gasteiger partial charge in [0.15, 0.2) is 21.5 Å². The summed E-state index contributed by atoms with van der Waals surface area (Å²) in [6, 6.07) is 7.39. The molecular weight excluding hydrogens is 402 g/mol. The van der Waals surface area contributed by atoms with Gasteiger partial charge in [0, 0.05) is 43.6 Å². The maximum Gasteiger partial charge on any atom is 0.254 e. The molecule has 0 aliphatic carbocycles. The van der Waals surface area contributed by atoms with Crippen LogP contribution in [0.25, 0.3) is 0 Å². The van der Waals surface area contributed by atoms with Gasteiger partial charge in [-0.1, -0.05) is 6.07 Å². The van der Waals surface area contributed by atoms with Gasteiger partial charge in [-0.2, -0.15) is 0 Å². The maximum atomic E-state index is 13.4. The molecule has 1 aliphatic heterocycles. The molecule has 0 spiro atoms. The molecule has 1 saturated heterocycles. The molecule has 0 bridgehead atoms. The molecule has 1 aliphatic rings. The van der Waals surface area contributed by atoms with Gasteiger partial charge in [0.05, 0.1) is 4.90 Å². The van der Waals surface area contributed by atoms with Crippen molar-refractivity contribution >= 4 is 21.7 Å². The van der Waals surface area contributed by atoms with Crippen LogP contribution in [0.2, 0.25) is 0 Å². The third-order valence-corrected chi connectivity index (χ3v) is 6.00. The van der Waals surface area contributed by atoms with Gasteiger partial charge in [-0.25, -0.2) is 17.2 Å². The second-order valence-corrected chi connectivity index (χ2v) is 8.98. The van der Waals surface area contributed by atoms with Crippen LogP contribution in [0.4, 0.5) is 8.78 Å². The first-order chi connectivity index (χ1) is 13.6. The van der Waals surface area contributed by atoms with E-state index in [9.17, 15) is 26.8 Å². The highest BCUT2D eigenvalue weighted by atomic mass is 32.2. The summed E-state index contributed by atoms with van der Waals surface area (Å²) in [6.45, 7) is 2.68. The molecule has 1 fully saturated rings. The van der Waals surface area contributed by atoms with Crippen molar-refractivity contribution in [2.75, 3.05) is 32.4 Å². The maximum absolute atomic E-state index is 13.4. The van der Waals surface area contributed by atoms with Gasteiger partial charge in [0.2, 0.25) is 0 Å². The zero-order chi connectivity index (χ0) is 21.3. The summed E-state index contributed by atoms with van der Waals surface area (Å²) in [5, 5.41) is 0. The molecule has 0 aromatic heterocycles. The fourth-order valence-corrected chi connectivity index (χ4v) is 3.80. The summed E-state index contributed by atoms with van der Waals surface area (Å²) in [7, 11) is -3.44. The second-order valence-electron chi connectivity index (χ2n) is 6.96. The molecule has 1 heterocycles. The summed E-state index contributed by atoms with van der Waals surface area (Å²) in [5.41, 5.74) is 0.997. The highest BCUT2D eigenvalue weighted by molar-refractivity contribution is 7.90. The fraction of sp³-hybridized carbons (Fsp3) is 0.300. The highest BCUT2D eigenvalue weighted by Crippen LogP contribution is 2.19. The van der Waals surface area contributed by atoms with Crippen LogP contribution in [0, 0.1) is 18.6 Å². The van der Waals surface area contributed by atoms with Crippen LogP contribution in [0.5, 0.6) is 0 Å². The molecule has 29 heavy (non-hydrogen) atoms. The number of carbonyl (C=O) groups excluding carboxylic acids is 2. The lowest BCUT2D eigenvalue weighted by Crippen LogP contribution is -2.50. The standard InChI is InChI=1S/C20H20F2N2O4S/c1-13-3-5-15(29(2,27)28)12-16(13)20(26)24-9-7-23(8-10-24)19(25)14-4-6-17(21)18(22)11-14/h3-6,11-12H,7-10H2,1-2H3. The SMILES string of the molecule is Cc1ccc(S(C)(=O)=O)cc1C(=O)N1CCN(C(=O)c2ccc(F)c(F)c2)CC1. The van der Waals surface area contributed by atoms with E-state index in [1.54, 1.807) is 17.9 Å². The van der Waals surface area contributed by atoms with Crippen molar-refractivity contribution in [3.8, 4) is 0 Å². The van der Waals surface area contributed by atoms with E-state index in [0.717, 1.165) is 18.4 Å². The van der Waals surface area contributed by atoms with Crippen LogP contribution >= 0.6 is 0 Å². The molecule has 0 saturated carbocycles. The number of nitrogens with zero attached hydrogens (tertiary/aromatic N) is 2. The quantitative estimate of drug-likeness (QED) is 0.761. The van der Waals surface area contributed by atoms with Crippen molar-refractivity contribution in [1.82, 2.24) is 9.80 Å². The van der Waals surface area contributed by atoms with Crippen molar-refractivity contribution in [3.63, 3.8) is 0 Å². The number of hydrogen-bond donors (Lipinski definition) is 0. The minimum atomic E-state index is -3.44. The number of hydrogen-bond acceptors (Lipinski definition) is 4. The average molecular weight is 422 g/mol. The normalized spacial score (nSPS) is 14.8. The summed E-state index contributed by atoms with van der Waals surface area (Å²) in [6.07, 6.45) is 1.08. The zero-order valence-electron chi connectivity index (χ0n) is 16.0. The van der Waals surface area contributed by atoms with Crippen molar-refractivity contribution in [3.05, 3.63) is 64.7 Å². The van der Waals surface area contributed by atoms with Gasteiger partial charge in [-0.05, 0) is 42.8 Å². The first kappa shape index (κ1) is 20.9. The van der Waals surface area contributed by atoms with Gasteiger partial charge >= 0.3 is 0 Å². The number of piperazine rings is 1. The monoisotopic (exact) mass is 422 g/mol. The Hall–Kier alpha value is -2.81. The van der Waals surface area contributed by atoms with Crippen molar-refractivity contribution < 1.29 is 26.8 Å². The predicted molar refractivity (Wildman–Crippen MR) is 102 cm³/mol. The topological polar surface area (TPSA) is 74.8 Å². The minimum Gasteiger partial charge on any atom is -0.335 e. The lowest BCUT2D eigenvalue weighted by Gasteiger charge is -2.35. The van der Waals surface area contributed by atoms with Crippen LogP contribution in [-0.4, -0.2) is 62.5 Å². The van der Waals surface area contributed by atoms with Gasteiger partial charge in [0.1, 0.15) is 0 Å². The first-order valence-corrected chi connectivity index (χ1v) is 10.8. The number of amides is 2. The second kappa shape index (κ2) is 7.90. The first-order valence-electron chi connectivity index (χ1n) is 8.92. The van der Waals surface area contributed by atoms with E-state index >= 15 is 0 Å². The lowest BCUT2D eigenvalue weighted by atomic mass is 10.1. The third kappa shape index (κ3) is 4.45. The van der Waals surface area contributed by atoms with E-state index in [0.29, 0.717) is 11.1 Å². The minimum absolute atomic E-state index is 0.0420. The summed E-state index contributed by atoms with van der Waals surface area (Å²) < 4.78 is 50.0. The number of benzene rings is 2. The van der Waals surface area contributed by atoms with E-state index < -0.39 is 27.4 Å². The smallest absolute Gasteiger partial charge is 0.254 e. The lowest BCUT2D eigenvalue weighted by molar-refractivity contribution is 0.0534. The summed E-state index contributed by atoms with van der Waals surface area (Å²) in [4.78, 5) is 28.4. The Bertz CT molecular complexity index is 1080. The van der Waals surface area contributed by atoms with Gasteiger partial charge in [0.25, 0.3) is 11.8 Å². The number of halogens is 2. The Balaban J connectivity index is 1.71. The van der Waals surface area contributed by atoms with Gasteiger partial charge < -0.3 is 9.80 Å². The highest BCUT2D eigenvalue weighted by Gasteiger charge is 2.27. The summed E-state index contributed by atoms with van der Waals surface area (Å²) in [5.74, 6) is -2.87. The van der Waals surface area contributed by atoms with E-state index in [2.05, 4.69) is 0 Å². The molecule has 154 valence electrons. The van der Waals surface area contributed by atoms with Gasteiger partial charge in [-0.3, -0.25) is 9.59 Å². The Morgan fingerprint density at radius 2 is 1.45 bits per heavy atom. The van der Waals surface area contributed by atoms with Gasteiger partial charge in [-0.15, -0.1) is 0 Å². The Morgan fingerprint density at radius 1 is 0.862 bits per heavy atom. The molecule has 3 rings (SSSR count). The molecule has 0 N–H and O–H groups in total. The molecule has 9 heteroatoms. The third-order valence-electron chi connectivity index (χ3n) is 4.89. The van der Waals surface area contributed by atoms with Crippen LogP contribution in [0.3, 0.4) is 0 Å². The molecule has 0 atom stereocenters. The Morgan fingerprint density at radius 3 is 2.00 bits per heavy atom. The van der Waals surface area contributed by atoms with E-state index in [1.807, 2.05) is 0 Å². The predicted octanol–water partition coefficient (Wildman–Crippen LogP) is 2.27. The van der Waals surface area contributed by atoms with E-state index in [4.69, 9.17) is 0 Å². The van der Waals surface area contributed by atoms with Crippen LogP contribution in [-0.2, 0) is 9.84 Å². The number of carbonyl (C=O) groups is 2. The van der Waals surface area contributed by atoms with Crippen molar-refractivity contribution in [2.24, 2.45) is 0 Å². The zero-order valence-corrected chi connectivity index (χ0v) is 16.8. The molecule has 2 amide bonds. The van der Waals surface area contributed by atoms with Crippen LogP contribution < -0.4 is 0 Å². The number of rotatable bonds is 3. The summed E-state index contributed by atoms with van der Waals surface area (Å²) >= 11 is 0. The molecule has 2 aromatic carbocycles. The number of aryl methyl sites for hydroxylation is 1. The molecule has 0 unspecified atom stereocenters. The van der Waals surface area contributed by atoms with Crippen molar-refractivity contribution in [2.45, 2.75) is 11.8 Å². The number of sulfone groups is 1.